The maximum atomic E-state index is 13.4. The molecule has 5 nitrogen and oxygen atoms in total. The van der Waals surface area contributed by atoms with Crippen molar-refractivity contribution in [1.29, 1.82) is 0 Å². The summed E-state index contributed by atoms with van der Waals surface area (Å²) in [5, 5.41) is 3.14. The van der Waals surface area contributed by atoms with Crippen LogP contribution in [0, 0.1) is 17.3 Å². The van der Waals surface area contributed by atoms with Crippen LogP contribution in [0.15, 0.2) is 47.8 Å². The van der Waals surface area contributed by atoms with E-state index >= 15 is 0 Å². The van der Waals surface area contributed by atoms with Crippen molar-refractivity contribution < 1.29 is 9.53 Å². The van der Waals surface area contributed by atoms with Gasteiger partial charge in [0.2, 0.25) is 5.91 Å². The number of carbonyl (C=O) groups is 1. The van der Waals surface area contributed by atoms with Gasteiger partial charge in [0.05, 0.1) is 23.1 Å². The molecule has 3 aliphatic carbocycles. The minimum atomic E-state index is -0.200. The molecule has 1 aromatic heterocycles. The van der Waals surface area contributed by atoms with E-state index in [0.29, 0.717) is 12.0 Å². The summed E-state index contributed by atoms with van der Waals surface area (Å²) >= 11 is 0. The third-order valence-corrected chi connectivity index (χ3v) is 9.63. The average molecular weight is 434 g/mol. The summed E-state index contributed by atoms with van der Waals surface area (Å²) in [5.74, 6) is 0.546. The summed E-state index contributed by atoms with van der Waals surface area (Å²) in [6.45, 7) is 2.34. The lowest BCUT2D eigenvalue weighted by molar-refractivity contribution is -0.146. The number of carbonyl (C=O) groups excluding carboxylic acids is 1. The maximum Gasteiger partial charge on any atom is 0.228 e. The molecule has 3 heterocycles. The molecule has 5 aliphatic rings. The Morgan fingerprint density at radius 2 is 2.12 bits per heavy atom. The van der Waals surface area contributed by atoms with Crippen LogP contribution in [0.4, 0.5) is 5.69 Å². The van der Waals surface area contributed by atoms with Crippen LogP contribution in [-0.4, -0.2) is 47.1 Å². The number of fused-ring (bicyclic) bond motifs is 1. The van der Waals surface area contributed by atoms with Crippen LogP contribution in [0.3, 0.4) is 0 Å². The van der Waals surface area contributed by atoms with E-state index in [0.717, 1.165) is 50.6 Å². The topological polar surface area (TPSA) is 54.5 Å². The highest BCUT2D eigenvalue weighted by Crippen LogP contribution is 2.67. The second-order valence-electron chi connectivity index (χ2n) is 11.3. The molecule has 6 atom stereocenters. The van der Waals surface area contributed by atoms with Crippen molar-refractivity contribution in [3.05, 3.63) is 47.8 Å². The summed E-state index contributed by atoms with van der Waals surface area (Å²) in [6.07, 6.45) is 17.1. The zero-order valence-electron chi connectivity index (χ0n) is 19.6. The standard InChI is InChI=1S/C27H35N3O2/c1-25-11-10-19-15-18-6-7-21(30(2)3)16-26(18)12-13-27(19,32-26)23(25)9-8-22(25)24(31)29-20-5-4-14-28-17-20/h4-5,10,14-15,17,21-23H,6-9,11-13,16H2,1-3H3,(H,29,31)/t21-,22-,23-,25-,26-,27-/m1/s1. The van der Waals surface area contributed by atoms with Gasteiger partial charge in [0.25, 0.3) is 0 Å². The van der Waals surface area contributed by atoms with Crippen molar-refractivity contribution in [3.63, 3.8) is 0 Å². The number of hydrogen-bond acceptors (Lipinski definition) is 4. The quantitative estimate of drug-likeness (QED) is 0.749. The number of pyridine rings is 1. The van der Waals surface area contributed by atoms with Crippen LogP contribution in [0.5, 0.6) is 0 Å². The van der Waals surface area contributed by atoms with Gasteiger partial charge in [-0.1, -0.05) is 19.1 Å². The Balaban J connectivity index is 1.31. The first kappa shape index (κ1) is 20.6. The van der Waals surface area contributed by atoms with Gasteiger partial charge in [-0.15, -0.1) is 0 Å². The number of anilines is 1. The fraction of sp³-hybridized carbons (Fsp3) is 0.630. The molecule has 2 bridgehead atoms. The Hall–Kier alpha value is -1.98. The van der Waals surface area contributed by atoms with Crippen LogP contribution in [0.2, 0.25) is 0 Å². The highest BCUT2D eigenvalue weighted by molar-refractivity contribution is 5.93. The molecule has 2 spiro atoms. The van der Waals surface area contributed by atoms with Gasteiger partial charge in [-0.3, -0.25) is 9.78 Å². The Morgan fingerprint density at radius 1 is 1.25 bits per heavy atom. The van der Waals surface area contributed by atoms with Crippen molar-refractivity contribution >= 4 is 11.6 Å². The van der Waals surface area contributed by atoms with Gasteiger partial charge in [-0.25, -0.2) is 0 Å². The lowest BCUT2D eigenvalue weighted by Crippen LogP contribution is -2.55. The van der Waals surface area contributed by atoms with Gasteiger partial charge in [-0.05, 0) is 100 Å². The summed E-state index contributed by atoms with van der Waals surface area (Å²) in [4.78, 5) is 19.9. The second kappa shape index (κ2) is 7.01. The van der Waals surface area contributed by atoms with Gasteiger partial charge in [0.1, 0.15) is 0 Å². The minimum Gasteiger partial charge on any atom is -0.359 e. The minimum absolute atomic E-state index is 0.00582. The van der Waals surface area contributed by atoms with E-state index in [9.17, 15) is 4.79 Å². The molecule has 1 N–H and O–H groups in total. The smallest absolute Gasteiger partial charge is 0.228 e. The van der Waals surface area contributed by atoms with E-state index in [4.69, 9.17) is 4.74 Å². The Kier molecular flexibility index (Phi) is 4.51. The van der Waals surface area contributed by atoms with Crippen molar-refractivity contribution in [2.24, 2.45) is 17.3 Å². The summed E-state index contributed by atoms with van der Waals surface area (Å²) in [6, 6.07) is 4.37. The number of rotatable bonds is 3. The first-order chi connectivity index (χ1) is 15.4. The molecular weight excluding hydrogens is 398 g/mol. The van der Waals surface area contributed by atoms with Gasteiger partial charge in [0.15, 0.2) is 0 Å². The van der Waals surface area contributed by atoms with E-state index in [1.807, 2.05) is 12.1 Å². The third-order valence-electron chi connectivity index (χ3n) is 9.63. The van der Waals surface area contributed by atoms with E-state index in [2.05, 4.69) is 48.4 Å². The number of amides is 1. The van der Waals surface area contributed by atoms with E-state index in [1.54, 1.807) is 12.4 Å². The summed E-state index contributed by atoms with van der Waals surface area (Å²) in [7, 11) is 4.41. The van der Waals surface area contributed by atoms with Crippen molar-refractivity contribution in [2.75, 3.05) is 19.4 Å². The fourth-order valence-corrected chi connectivity index (χ4v) is 7.92. The van der Waals surface area contributed by atoms with Gasteiger partial charge in [-0.2, -0.15) is 0 Å². The molecule has 3 fully saturated rings. The number of nitrogens with zero attached hydrogens (tertiary/aromatic N) is 2. The second-order valence-corrected chi connectivity index (χ2v) is 11.3. The number of nitrogens with one attached hydrogen (secondary N) is 1. The molecule has 170 valence electrons. The van der Waals surface area contributed by atoms with Gasteiger partial charge in [0, 0.05) is 18.2 Å². The molecule has 2 saturated carbocycles. The third kappa shape index (κ3) is 2.76. The zero-order valence-corrected chi connectivity index (χ0v) is 19.6. The van der Waals surface area contributed by atoms with Crippen LogP contribution < -0.4 is 5.32 Å². The molecule has 1 saturated heterocycles. The normalized spacial score (nSPS) is 41.9. The van der Waals surface area contributed by atoms with E-state index in [1.165, 1.54) is 17.6 Å². The predicted octanol–water partition coefficient (Wildman–Crippen LogP) is 4.72. The van der Waals surface area contributed by atoms with Crippen molar-refractivity contribution in [2.45, 2.75) is 75.5 Å². The first-order valence-corrected chi connectivity index (χ1v) is 12.4. The molecule has 2 aliphatic heterocycles. The monoisotopic (exact) mass is 433 g/mol. The predicted molar refractivity (Wildman–Crippen MR) is 125 cm³/mol. The Morgan fingerprint density at radius 3 is 2.91 bits per heavy atom. The van der Waals surface area contributed by atoms with Gasteiger partial charge >= 0.3 is 0 Å². The molecule has 0 unspecified atom stereocenters. The highest BCUT2D eigenvalue weighted by Gasteiger charge is 2.67. The molecule has 5 heteroatoms. The largest absolute Gasteiger partial charge is 0.359 e. The molecule has 1 amide bonds. The molecule has 0 aromatic carbocycles. The highest BCUT2D eigenvalue weighted by atomic mass is 16.5. The van der Waals surface area contributed by atoms with E-state index in [-0.39, 0.29) is 28.4 Å². The molecule has 1 aromatic rings. The van der Waals surface area contributed by atoms with Crippen molar-refractivity contribution in [1.82, 2.24) is 9.88 Å². The molecular formula is C27H35N3O2. The summed E-state index contributed by atoms with van der Waals surface area (Å²) in [5.41, 5.74) is 3.38. The zero-order chi connectivity index (χ0) is 22.1. The molecule has 32 heavy (non-hydrogen) atoms. The molecule has 6 rings (SSSR count). The van der Waals surface area contributed by atoms with E-state index < -0.39 is 0 Å². The SMILES string of the molecule is CN(C)[C@@H]1CCC2=CC3=CC[C@]4(C)[C@@H](C(=O)Nc5cccnc5)CC[C@H]4[C@@]34CC[C@]2(C1)O4. The maximum absolute atomic E-state index is 13.4. The molecule has 0 radical (unpaired) electrons. The average Bonchev–Trinajstić information content (AvgIpc) is 3.29. The first-order valence-electron chi connectivity index (χ1n) is 12.4. The Labute approximate surface area is 191 Å². The van der Waals surface area contributed by atoms with Crippen LogP contribution in [0.25, 0.3) is 0 Å². The Bertz CT molecular complexity index is 1000. The lowest BCUT2D eigenvalue weighted by Gasteiger charge is -2.54. The van der Waals surface area contributed by atoms with Crippen LogP contribution in [-0.2, 0) is 9.53 Å². The summed E-state index contributed by atoms with van der Waals surface area (Å²) < 4.78 is 7.28. The fourth-order valence-electron chi connectivity index (χ4n) is 7.92. The van der Waals surface area contributed by atoms with Gasteiger partial charge < -0.3 is 15.0 Å². The lowest BCUT2D eigenvalue weighted by atomic mass is 9.58. The van der Waals surface area contributed by atoms with Crippen LogP contribution >= 0.6 is 0 Å². The number of ether oxygens (including phenoxy) is 1. The number of aromatic nitrogens is 1. The van der Waals surface area contributed by atoms with Crippen molar-refractivity contribution in [3.8, 4) is 0 Å². The van der Waals surface area contributed by atoms with Crippen LogP contribution in [0.1, 0.15) is 58.3 Å². The number of hydrogen-bond donors (Lipinski definition) is 1. The number of allylic oxidation sites excluding steroid dienone is 1.